The Bertz CT molecular complexity index is 521. The molecule has 130 valence electrons. The summed E-state index contributed by atoms with van der Waals surface area (Å²) in [5.41, 5.74) is -0.906. The van der Waals surface area contributed by atoms with E-state index in [0.29, 0.717) is 0 Å². The highest BCUT2D eigenvalue weighted by atomic mass is 19.4. The SMILES string of the molecule is COC(OC)C(C)C(OC)C(=O)Nc1cc(C(F)(F)F)ccn1. The van der Waals surface area contributed by atoms with Crippen LogP contribution in [-0.2, 0) is 25.2 Å². The van der Waals surface area contributed by atoms with Crippen LogP contribution in [0.2, 0.25) is 0 Å². The maximum Gasteiger partial charge on any atom is 0.416 e. The summed E-state index contributed by atoms with van der Waals surface area (Å²) in [7, 11) is 4.12. The van der Waals surface area contributed by atoms with Crippen LogP contribution in [0.3, 0.4) is 0 Å². The van der Waals surface area contributed by atoms with E-state index in [1.54, 1.807) is 6.92 Å². The predicted octanol–water partition coefficient (Wildman–Crippen LogP) is 2.31. The molecular formula is C14H19F3N2O4. The van der Waals surface area contributed by atoms with Gasteiger partial charge in [0.25, 0.3) is 5.91 Å². The average Bonchev–Trinajstić information content (AvgIpc) is 2.48. The number of pyridine rings is 1. The van der Waals surface area contributed by atoms with Gasteiger partial charge in [0.15, 0.2) is 6.29 Å². The highest BCUT2D eigenvalue weighted by Gasteiger charge is 2.33. The maximum atomic E-state index is 12.7. The first-order valence-electron chi connectivity index (χ1n) is 6.67. The molecule has 6 nitrogen and oxygen atoms in total. The van der Waals surface area contributed by atoms with Crippen LogP contribution < -0.4 is 5.32 Å². The third-order valence-corrected chi connectivity index (χ3v) is 3.22. The number of rotatable bonds is 7. The van der Waals surface area contributed by atoms with E-state index in [1.165, 1.54) is 21.3 Å². The van der Waals surface area contributed by atoms with Crippen molar-refractivity contribution < 1.29 is 32.2 Å². The Morgan fingerprint density at radius 1 is 1.22 bits per heavy atom. The molecule has 1 amide bonds. The zero-order valence-electron chi connectivity index (χ0n) is 13.2. The molecule has 1 aromatic heterocycles. The lowest BCUT2D eigenvalue weighted by Gasteiger charge is -2.27. The number of nitrogens with one attached hydrogen (secondary N) is 1. The van der Waals surface area contributed by atoms with Gasteiger partial charge in [-0.1, -0.05) is 6.92 Å². The van der Waals surface area contributed by atoms with E-state index in [4.69, 9.17) is 14.2 Å². The Morgan fingerprint density at radius 3 is 2.30 bits per heavy atom. The molecule has 0 fully saturated rings. The molecule has 1 N–H and O–H groups in total. The zero-order chi connectivity index (χ0) is 17.6. The number of nitrogens with zero attached hydrogens (tertiary/aromatic N) is 1. The molecule has 0 aliphatic heterocycles. The number of methoxy groups -OCH3 is 3. The van der Waals surface area contributed by atoms with Gasteiger partial charge >= 0.3 is 6.18 Å². The summed E-state index contributed by atoms with van der Waals surface area (Å²) in [6.45, 7) is 1.66. The standard InChI is InChI=1S/C14H19F3N2O4/c1-8(13(22-3)23-4)11(21-2)12(20)19-10-7-9(5-6-18-10)14(15,16)17/h5-8,11,13H,1-4H3,(H,18,19,20). The maximum absolute atomic E-state index is 12.7. The van der Waals surface area contributed by atoms with E-state index in [9.17, 15) is 18.0 Å². The van der Waals surface area contributed by atoms with Crippen LogP contribution >= 0.6 is 0 Å². The summed E-state index contributed by atoms with van der Waals surface area (Å²) >= 11 is 0. The number of aromatic nitrogens is 1. The molecular weight excluding hydrogens is 317 g/mol. The van der Waals surface area contributed by atoms with Crippen molar-refractivity contribution in [3.05, 3.63) is 23.9 Å². The largest absolute Gasteiger partial charge is 0.416 e. The molecule has 0 radical (unpaired) electrons. The van der Waals surface area contributed by atoms with Gasteiger partial charge in [0, 0.05) is 33.4 Å². The second-order valence-electron chi connectivity index (χ2n) is 4.77. The number of amides is 1. The fraction of sp³-hybridized carbons (Fsp3) is 0.571. The summed E-state index contributed by atoms with van der Waals surface area (Å²) in [6.07, 6.45) is -5.25. The van der Waals surface area contributed by atoms with E-state index in [1.807, 2.05) is 0 Å². The second-order valence-corrected chi connectivity index (χ2v) is 4.77. The van der Waals surface area contributed by atoms with Gasteiger partial charge in [-0.05, 0) is 12.1 Å². The number of halogens is 3. The number of alkyl halides is 3. The second kappa shape index (κ2) is 8.23. The molecule has 0 saturated carbocycles. The first-order chi connectivity index (χ1) is 10.7. The number of hydrogen-bond acceptors (Lipinski definition) is 5. The summed E-state index contributed by atoms with van der Waals surface area (Å²) in [5.74, 6) is -1.36. The molecule has 0 aromatic carbocycles. The molecule has 2 atom stereocenters. The van der Waals surface area contributed by atoms with E-state index < -0.39 is 36.0 Å². The van der Waals surface area contributed by atoms with Gasteiger partial charge in [0.05, 0.1) is 5.56 Å². The van der Waals surface area contributed by atoms with E-state index in [-0.39, 0.29) is 5.82 Å². The molecule has 0 aliphatic carbocycles. The van der Waals surface area contributed by atoms with Gasteiger partial charge in [-0.25, -0.2) is 4.98 Å². The van der Waals surface area contributed by atoms with Crippen LogP contribution in [0, 0.1) is 5.92 Å². The van der Waals surface area contributed by atoms with Gasteiger partial charge in [-0.15, -0.1) is 0 Å². The van der Waals surface area contributed by atoms with E-state index >= 15 is 0 Å². The minimum atomic E-state index is -4.52. The van der Waals surface area contributed by atoms with Crippen molar-refractivity contribution >= 4 is 11.7 Å². The van der Waals surface area contributed by atoms with Crippen molar-refractivity contribution in [2.45, 2.75) is 25.5 Å². The summed E-state index contributed by atoms with van der Waals surface area (Å²) in [5, 5.41) is 2.30. The number of anilines is 1. The number of carbonyl (C=O) groups is 1. The van der Waals surface area contributed by atoms with Gasteiger partial charge in [-0.2, -0.15) is 13.2 Å². The topological polar surface area (TPSA) is 69.7 Å². The quantitative estimate of drug-likeness (QED) is 0.774. The fourth-order valence-corrected chi connectivity index (χ4v) is 2.10. The van der Waals surface area contributed by atoms with Crippen molar-refractivity contribution in [1.82, 2.24) is 4.98 Å². The van der Waals surface area contributed by atoms with Gasteiger partial charge in [0.1, 0.15) is 11.9 Å². The molecule has 0 spiro atoms. The summed E-state index contributed by atoms with van der Waals surface area (Å²) in [4.78, 5) is 15.9. The zero-order valence-corrected chi connectivity index (χ0v) is 13.2. The van der Waals surface area contributed by atoms with Crippen molar-refractivity contribution in [3.8, 4) is 0 Å². The molecule has 1 aromatic rings. The normalized spacial score (nSPS) is 14.6. The lowest BCUT2D eigenvalue weighted by molar-refractivity contribution is -0.167. The van der Waals surface area contributed by atoms with Crippen molar-refractivity contribution in [3.63, 3.8) is 0 Å². The number of carbonyl (C=O) groups excluding carboxylic acids is 1. The molecule has 0 bridgehead atoms. The van der Waals surface area contributed by atoms with Crippen LogP contribution in [-0.4, -0.2) is 44.6 Å². The molecule has 0 aliphatic rings. The predicted molar refractivity (Wildman–Crippen MR) is 75.6 cm³/mol. The van der Waals surface area contributed by atoms with Gasteiger partial charge in [0.2, 0.25) is 0 Å². The third-order valence-electron chi connectivity index (χ3n) is 3.22. The average molecular weight is 336 g/mol. The van der Waals surface area contributed by atoms with Crippen molar-refractivity contribution in [1.29, 1.82) is 0 Å². The smallest absolute Gasteiger partial charge is 0.371 e. The van der Waals surface area contributed by atoms with E-state index in [2.05, 4.69) is 10.3 Å². The van der Waals surface area contributed by atoms with Crippen LogP contribution in [0.5, 0.6) is 0 Å². The molecule has 2 unspecified atom stereocenters. The van der Waals surface area contributed by atoms with Crippen molar-refractivity contribution in [2.75, 3.05) is 26.6 Å². The lowest BCUT2D eigenvalue weighted by Crippen LogP contribution is -2.41. The third kappa shape index (κ3) is 5.15. The van der Waals surface area contributed by atoms with Crippen LogP contribution in [0.25, 0.3) is 0 Å². The summed E-state index contributed by atoms with van der Waals surface area (Å²) in [6, 6.07) is 1.57. The van der Waals surface area contributed by atoms with E-state index in [0.717, 1.165) is 18.3 Å². The molecule has 23 heavy (non-hydrogen) atoms. The van der Waals surface area contributed by atoms with Crippen LogP contribution in [0.4, 0.5) is 19.0 Å². The number of hydrogen-bond donors (Lipinski definition) is 1. The summed E-state index contributed by atoms with van der Waals surface area (Å²) < 4.78 is 53.2. The Labute approximate surface area is 131 Å². The first-order valence-corrected chi connectivity index (χ1v) is 6.67. The van der Waals surface area contributed by atoms with Crippen LogP contribution in [0.15, 0.2) is 18.3 Å². The Balaban J connectivity index is 2.88. The fourth-order valence-electron chi connectivity index (χ4n) is 2.10. The first kappa shape index (κ1) is 19.3. The minimum Gasteiger partial charge on any atom is -0.371 e. The highest BCUT2D eigenvalue weighted by Crippen LogP contribution is 2.30. The molecule has 1 rings (SSSR count). The van der Waals surface area contributed by atoms with Gasteiger partial charge in [-0.3, -0.25) is 4.79 Å². The Morgan fingerprint density at radius 2 is 1.83 bits per heavy atom. The van der Waals surface area contributed by atoms with Crippen molar-refractivity contribution in [2.24, 2.45) is 5.92 Å². The molecule has 9 heteroatoms. The van der Waals surface area contributed by atoms with Crippen LogP contribution in [0.1, 0.15) is 12.5 Å². The Hall–Kier alpha value is -1.71. The minimum absolute atomic E-state index is 0.217. The van der Waals surface area contributed by atoms with Gasteiger partial charge < -0.3 is 19.5 Å². The lowest BCUT2D eigenvalue weighted by atomic mass is 10.0. The monoisotopic (exact) mass is 336 g/mol. The molecule has 1 heterocycles. The Kier molecular flexibility index (Phi) is 6.92. The highest BCUT2D eigenvalue weighted by molar-refractivity contribution is 5.93. The number of ether oxygens (including phenoxy) is 3. The molecule has 0 saturated heterocycles.